The van der Waals surface area contributed by atoms with Crippen LogP contribution < -0.4 is 5.32 Å². The van der Waals surface area contributed by atoms with Gasteiger partial charge in [-0.1, -0.05) is 6.92 Å². The molecule has 18 heavy (non-hydrogen) atoms. The topological polar surface area (TPSA) is 31.7 Å². The summed E-state index contributed by atoms with van der Waals surface area (Å²) >= 11 is 3.59. The van der Waals surface area contributed by atoms with Crippen LogP contribution in [0, 0.1) is 0 Å². The van der Waals surface area contributed by atoms with Gasteiger partial charge in [0.1, 0.15) is 5.76 Å². The first-order chi connectivity index (χ1) is 8.79. The number of halogens is 1. The third-order valence-electron chi connectivity index (χ3n) is 4.06. The normalized spacial score (nSPS) is 32.7. The first-order valence-electron chi connectivity index (χ1n) is 6.72. The minimum atomic E-state index is 0.280. The number of likely N-dealkylation sites (N-methyl/N-ethyl adjacent to an activating group) is 1. The maximum Gasteiger partial charge on any atom is 0.136 e. The zero-order valence-corrected chi connectivity index (χ0v) is 12.3. The molecule has 100 valence electrons. The van der Waals surface area contributed by atoms with Crippen molar-refractivity contribution < 1.29 is 4.42 Å². The Labute approximate surface area is 116 Å². The Morgan fingerprint density at radius 3 is 2.72 bits per heavy atom. The quantitative estimate of drug-likeness (QED) is 0.917. The van der Waals surface area contributed by atoms with Crippen LogP contribution in [0.1, 0.15) is 18.7 Å². The van der Waals surface area contributed by atoms with E-state index in [1.165, 1.54) is 26.2 Å². The van der Waals surface area contributed by atoms with Gasteiger partial charge in [-0.15, -0.1) is 0 Å². The van der Waals surface area contributed by atoms with E-state index < -0.39 is 0 Å². The molecule has 2 unspecified atom stereocenters. The van der Waals surface area contributed by atoms with Crippen molar-refractivity contribution >= 4 is 15.9 Å². The molecular formula is C13H20BrN3O. The van der Waals surface area contributed by atoms with Crippen LogP contribution in [0.4, 0.5) is 0 Å². The molecule has 2 bridgehead atoms. The molecule has 1 aromatic heterocycles. The molecule has 3 aliphatic heterocycles. The Kier molecular flexibility index (Phi) is 3.75. The molecular weight excluding hydrogens is 294 g/mol. The van der Waals surface area contributed by atoms with E-state index in [1.54, 1.807) is 6.26 Å². The van der Waals surface area contributed by atoms with Crippen molar-refractivity contribution in [2.45, 2.75) is 19.0 Å². The van der Waals surface area contributed by atoms with E-state index >= 15 is 0 Å². The molecule has 4 rings (SSSR count). The largest absolute Gasteiger partial charge is 0.466 e. The summed E-state index contributed by atoms with van der Waals surface area (Å²) in [6.07, 6.45) is 1.76. The lowest BCUT2D eigenvalue weighted by Crippen LogP contribution is -2.63. The van der Waals surface area contributed by atoms with Crippen LogP contribution in [0.5, 0.6) is 0 Å². The molecule has 3 aliphatic rings. The summed E-state index contributed by atoms with van der Waals surface area (Å²) in [5.41, 5.74) is 0. The van der Waals surface area contributed by atoms with Gasteiger partial charge in [-0.25, -0.2) is 0 Å². The molecule has 4 heterocycles. The second kappa shape index (κ2) is 5.33. The number of hydrogen-bond donors (Lipinski definition) is 1. The molecule has 4 nitrogen and oxygen atoms in total. The van der Waals surface area contributed by atoms with E-state index in [2.05, 4.69) is 38.0 Å². The van der Waals surface area contributed by atoms with Crippen LogP contribution in [-0.2, 0) is 0 Å². The van der Waals surface area contributed by atoms with Crippen molar-refractivity contribution in [1.82, 2.24) is 15.1 Å². The minimum Gasteiger partial charge on any atom is -0.466 e. The highest BCUT2D eigenvalue weighted by molar-refractivity contribution is 9.10. The summed E-state index contributed by atoms with van der Waals surface area (Å²) in [5.74, 6) is 1.04. The smallest absolute Gasteiger partial charge is 0.136 e. The number of fused-ring (bicyclic) bond motifs is 3. The fourth-order valence-corrected chi connectivity index (χ4v) is 3.57. The fraction of sp³-hybridized carbons (Fsp3) is 0.692. The van der Waals surface area contributed by atoms with Crippen LogP contribution >= 0.6 is 15.9 Å². The highest BCUT2D eigenvalue weighted by atomic mass is 79.9. The number of hydrogen-bond acceptors (Lipinski definition) is 4. The van der Waals surface area contributed by atoms with Crippen molar-refractivity contribution in [2.75, 3.05) is 39.3 Å². The van der Waals surface area contributed by atoms with Gasteiger partial charge in [0.05, 0.1) is 16.8 Å². The Morgan fingerprint density at radius 2 is 2.22 bits per heavy atom. The van der Waals surface area contributed by atoms with Gasteiger partial charge in [-0.3, -0.25) is 9.80 Å². The summed E-state index contributed by atoms with van der Waals surface area (Å²) in [7, 11) is 0. The van der Waals surface area contributed by atoms with Gasteiger partial charge in [0, 0.05) is 38.8 Å². The first-order valence-corrected chi connectivity index (χ1v) is 7.51. The number of nitrogens with one attached hydrogen (secondary N) is 1. The Morgan fingerprint density at radius 1 is 1.44 bits per heavy atom. The number of nitrogens with zero attached hydrogens (tertiary/aromatic N) is 2. The van der Waals surface area contributed by atoms with Crippen LogP contribution in [0.25, 0.3) is 0 Å². The van der Waals surface area contributed by atoms with Crippen molar-refractivity contribution in [2.24, 2.45) is 0 Å². The van der Waals surface area contributed by atoms with Crippen LogP contribution in [0.15, 0.2) is 21.2 Å². The molecule has 3 fully saturated rings. The maximum atomic E-state index is 5.69. The summed E-state index contributed by atoms with van der Waals surface area (Å²) < 4.78 is 6.76. The van der Waals surface area contributed by atoms with E-state index in [1.807, 2.05) is 6.07 Å². The van der Waals surface area contributed by atoms with Gasteiger partial charge in [0.25, 0.3) is 0 Å². The zero-order valence-electron chi connectivity index (χ0n) is 10.7. The lowest BCUT2D eigenvalue weighted by Gasteiger charge is -2.49. The highest BCUT2D eigenvalue weighted by Gasteiger charge is 2.38. The molecule has 3 saturated heterocycles. The number of furan rings is 1. The van der Waals surface area contributed by atoms with Crippen molar-refractivity contribution in [3.63, 3.8) is 0 Å². The zero-order chi connectivity index (χ0) is 12.5. The predicted molar refractivity (Wildman–Crippen MR) is 74.6 cm³/mol. The van der Waals surface area contributed by atoms with E-state index in [0.29, 0.717) is 6.04 Å². The SMILES string of the molecule is CCNC(c1occc1Br)C1CN2CCN1CC2. The molecule has 5 heteroatoms. The van der Waals surface area contributed by atoms with Crippen molar-refractivity contribution in [1.29, 1.82) is 0 Å². The van der Waals surface area contributed by atoms with Gasteiger partial charge >= 0.3 is 0 Å². The number of rotatable bonds is 4. The molecule has 0 radical (unpaired) electrons. The lowest BCUT2D eigenvalue weighted by molar-refractivity contribution is -0.00676. The predicted octanol–water partition coefficient (Wildman–Crippen LogP) is 1.69. The van der Waals surface area contributed by atoms with E-state index in [4.69, 9.17) is 4.42 Å². The maximum absolute atomic E-state index is 5.69. The molecule has 1 N–H and O–H groups in total. The van der Waals surface area contributed by atoms with E-state index in [9.17, 15) is 0 Å². The van der Waals surface area contributed by atoms with Crippen LogP contribution in [-0.4, -0.2) is 55.1 Å². The molecule has 0 aliphatic carbocycles. The van der Waals surface area contributed by atoms with Gasteiger partial charge < -0.3 is 9.73 Å². The lowest BCUT2D eigenvalue weighted by atomic mass is 9.98. The molecule has 0 saturated carbocycles. The summed E-state index contributed by atoms with van der Waals surface area (Å²) in [6, 6.07) is 2.79. The fourth-order valence-electron chi connectivity index (χ4n) is 3.12. The van der Waals surface area contributed by atoms with Crippen molar-refractivity contribution in [3.8, 4) is 0 Å². The third-order valence-corrected chi connectivity index (χ3v) is 4.71. The van der Waals surface area contributed by atoms with Crippen LogP contribution in [0.3, 0.4) is 0 Å². The summed E-state index contributed by atoms with van der Waals surface area (Å²) in [5, 5.41) is 3.59. The average Bonchev–Trinajstić information content (AvgIpc) is 2.83. The molecule has 1 aromatic rings. The third kappa shape index (κ3) is 2.25. The van der Waals surface area contributed by atoms with Gasteiger partial charge in [-0.2, -0.15) is 0 Å². The van der Waals surface area contributed by atoms with Gasteiger partial charge in [0.2, 0.25) is 0 Å². The highest BCUT2D eigenvalue weighted by Crippen LogP contribution is 2.32. The minimum absolute atomic E-state index is 0.280. The Bertz CT molecular complexity index is 401. The van der Waals surface area contributed by atoms with Crippen LogP contribution in [0.2, 0.25) is 0 Å². The monoisotopic (exact) mass is 313 g/mol. The molecule has 0 spiro atoms. The van der Waals surface area contributed by atoms with Gasteiger partial charge in [-0.05, 0) is 28.5 Å². The molecule has 0 amide bonds. The molecule has 0 aromatic carbocycles. The Hall–Kier alpha value is -0.360. The summed E-state index contributed by atoms with van der Waals surface area (Å²) in [6.45, 7) is 9.06. The second-order valence-electron chi connectivity index (χ2n) is 5.07. The van der Waals surface area contributed by atoms with Crippen molar-refractivity contribution in [3.05, 3.63) is 22.6 Å². The molecule has 2 atom stereocenters. The van der Waals surface area contributed by atoms with Gasteiger partial charge in [0.15, 0.2) is 0 Å². The standard InChI is InChI=1S/C13H20BrN3O/c1-2-15-12(13-10(14)3-8-18-13)11-9-16-4-6-17(11)7-5-16/h3,8,11-12,15H,2,4-7,9H2,1H3. The van der Waals surface area contributed by atoms with E-state index in [-0.39, 0.29) is 6.04 Å². The average molecular weight is 314 g/mol. The van der Waals surface area contributed by atoms with E-state index in [0.717, 1.165) is 23.3 Å². The second-order valence-corrected chi connectivity index (χ2v) is 5.93. The number of piperazine rings is 3. The first kappa shape index (κ1) is 12.7. The Balaban J connectivity index is 1.84. The summed E-state index contributed by atoms with van der Waals surface area (Å²) in [4.78, 5) is 5.16.